The van der Waals surface area contributed by atoms with Crippen molar-refractivity contribution in [2.24, 2.45) is 5.41 Å². The number of ether oxygens (including phenoxy) is 1. The van der Waals surface area contributed by atoms with Gasteiger partial charge in [-0.1, -0.05) is 27.4 Å². The summed E-state index contributed by atoms with van der Waals surface area (Å²) in [4.78, 5) is 2.33. The lowest BCUT2D eigenvalue weighted by molar-refractivity contribution is 0.414. The van der Waals surface area contributed by atoms with Gasteiger partial charge in [-0.15, -0.1) is 0 Å². The molecule has 2 rings (SSSR count). The molecule has 1 aliphatic heterocycles. The van der Waals surface area contributed by atoms with Gasteiger partial charge in [0.2, 0.25) is 0 Å². The molecule has 21 heavy (non-hydrogen) atoms. The van der Waals surface area contributed by atoms with E-state index in [1.165, 1.54) is 16.8 Å². The first kappa shape index (κ1) is 15.7. The Morgan fingerprint density at radius 3 is 2.38 bits per heavy atom. The topological polar surface area (TPSA) is 12.5 Å². The number of benzene rings is 1. The van der Waals surface area contributed by atoms with Gasteiger partial charge >= 0.3 is 0 Å². The number of allylic oxidation sites excluding steroid dienone is 2. The van der Waals surface area contributed by atoms with E-state index in [4.69, 9.17) is 4.74 Å². The van der Waals surface area contributed by atoms with Crippen molar-refractivity contribution in [3.05, 3.63) is 42.2 Å². The molecule has 0 radical (unpaired) electrons. The zero-order valence-electron chi connectivity index (χ0n) is 14.0. The summed E-state index contributed by atoms with van der Waals surface area (Å²) in [5, 5.41) is 0. The monoisotopic (exact) mass is 285 g/mol. The number of anilines is 1. The summed E-state index contributed by atoms with van der Waals surface area (Å²) < 4.78 is 5.86. The van der Waals surface area contributed by atoms with Crippen molar-refractivity contribution in [3.8, 4) is 5.75 Å². The Balaban J connectivity index is 2.39. The van der Waals surface area contributed by atoms with Gasteiger partial charge in [0.1, 0.15) is 11.5 Å². The summed E-state index contributed by atoms with van der Waals surface area (Å²) in [7, 11) is 0. The molecule has 0 saturated heterocycles. The molecule has 0 fully saturated rings. The van der Waals surface area contributed by atoms with Gasteiger partial charge in [0, 0.05) is 30.4 Å². The quantitative estimate of drug-likeness (QED) is 0.748. The maximum Gasteiger partial charge on any atom is 0.136 e. The van der Waals surface area contributed by atoms with E-state index in [1.807, 2.05) is 0 Å². The number of hydrogen-bond acceptors (Lipinski definition) is 2. The lowest BCUT2D eigenvalue weighted by Crippen LogP contribution is -2.22. The van der Waals surface area contributed by atoms with Gasteiger partial charge in [0.25, 0.3) is 0 Å². The van der Waals surface area contributed by atoms with Gasteiger partial charge in [0.15, 0.2) is 0 Å². The van der Waals surface area contributed by atoms with Crippen LogP contribution in [0.1, 0.15) is 46.6 Å². The molecule has 0 aromatic heterocycles. The zero-order valence-corrected chi connectivity index (χ0v) is 14.0. The van der Waals surface area contributed by atoms with Crippen LogP contribution in [0.4, 0.5) is 5.69 Å². The molecule has 114 valence electrons. The van der Waals surface area contributed by atoms with Gasteiger partial charge in [-0.25, -0.2) is 0 Å². The lowest BCUT2D eigenvalue weighted by Gasteiger charge is -2.27. The van der Waals surface area contributed by atoms with Gasteiger partial charge in [0.05, 0.1) is 0 Å². The highest BCUT2D eigenvalue weighted by Crippen LogP contribution is 2.40. The Hall–Kier alpha value is -1.70. The predicted molar refractivity (Wildman–Crippen MR) is 91.8 cm³/mol. The minimum Gasteiger partial charge on any atom is -0.457 e. The van der Waals surface area contributed by atoms with Crippen molar-refractivity contribution < 1.29 is 4.74 Å². The molecule has 0 atom stereocenters. The largest absolute Gasteiger partial charge is 0.457 e. The third kappa shape index (κ3) is 3.69. The zero-order chi connectivity index (χ0) is 15.6. The number of nitrogens with zero attached hydrogens (tertiary/aromatic N) is 1. The molecular weight excluding hydrogens is 258 g/mol. The van der Waals surface area contributed by atoms with Crippen LogP contribution < -0.4 is 9.64 Å². The Labute approximate surface area is 129 Å². The van der Waals surface area contributed by atoms with E-state index in [0.717, 1.165) is 31.0 Å². The summed E-state index contributed by atoms with van der Waals surface area (Å²) in [6.45, 7) is 17.1. The smallest absolute Gasteiger partial charge is 0.136 e. The Kier molecular flexibility index (Phi) is 4.46. The van der Waals surface area contributed by atoms with Crippen molar-refractivity contribution in [3.63, 3.8) is 0 Å². The van der Waals surface area contributed by atoms with Crippen LogP contribution in [0.25, 0.3) is 5.57 Å². The maximum absolute atomic E-state index is 5.86. The van der Waals surface area contributed by atoms with E-state index in [-0.39, 0.29) is 5.41 Å². The fourth-order valence-corrected chi connectivity index (χ4v) is 2.81. The van der Waals surface area contributed by atoms with Gasteiger partial charge in [-0.3, -0.25) is 0 Å². The van der Waals surface area contributed by atoms with E-state index < -0.39 is 0 Å². The number of fused-ring (bicyclic) bond motifs is 1. The molecule has 0 aliphatic carbocycles. The highest BCUT2D eigenvalue weighted by molar-refractivity contribution is 5.77. The number of rotatable bonds is 4. The van der Waals surface area contributed by atoms with Gasteiger partial charge < -0.3 is 9.64 Å². The maximum atomic E-state index is 5.86. The average Bonchev–Trinajstić information content (AvgIpc) is 2.37. The summed E-state index contributed by atoms with van der Waals surface area (Å²) >= 11 is 0. The fraction of sp³-hybridized carbons (Fsp3) is 0.474. The van der Waals surface area contributed by atoms with E-state index in [1.54, 1.807) is 0 Å². The van der Waals surface area contributed by atoms with Crippen molar-refractivity contribution in [2.45, 2.75) is 41.0 Å². The predicted octanol–water partition coefficient (Wildman–Crippen LogP) is 5.26. The second-order valence-electron chi connectivity index (χ2n) is 6.83. The van der Waals surface area contributed by atoms with Gasteiger partial charge in [-0.2, -0.15) is 0 Å². The van der Waals surface area contributed by atoms with Gasteiger partial charge in [-0.05, 0) is 49.5 Å². The normalized spacial score (nSPS) is 14.3. The standard InChI is InChI=1S/C19H27NO/c1-7-20(8-2)16-9-10-17-15(13-19(4,5)6)11-14(3)21-18(17)12-16/h9-12H,3,7-8,13H2,1-2,4-6H3. The summed E-state index contributed by atoms with van der Waals surface area (Å²) in [5.74, 6) is 1.67. The van der Waals surface area contributed by atoms with Crippen LogP contribution in [-0.2, 0) is 0 Å². The second-order valence-corrected chi connectivity index (χ2v) is 6.83. The molecule has 1 aromatic carbocycles. The first-order chi connectivity index (χ1) is 9.84. The summed E-state index contributed by atoms with van der Waals surface area (Å²) in [6, 6.07) is 6.52. The Bertz CT molecular complexity index is 559. The lowest BCUT2D eigenvalue weighted by atomic mass is 9.84. The van der Waals surface area contributed by atoms with Crippen molar-refractivity contribution >= 4 is 11.3 Å². The molecular formula is C19H27NO. The fourth-order valence-electron chi connectivity index (χ4n) is 2.81. The molecule has 2 heteroatoms. The minimum atomic E-state index is 0.248. The molecule has 0 bridgehead atoms. The van der Waals surface area contributed by atoms with Crippen LogP contribution in [0, 0.1) is 5.41 Å². The van der Waals surface area contributed by atoms with Crippen LogP contribution in [-0.4, -0.2) is 13.1 Å². The van der Waals surface area contributed by atoms with Crippen LogP contribution in [0.15, 0.2) is 36.6 Å². The van der Waals surface area contributed by atoms with Crippen LogP contribution in [0.5, 0.6) is 5.75 Å². The summed E-state index contributed by atoms with van der Waals surface area (Å²) in [6.07, 6.45) is 3.09. The molecule has 0 amide bonds. The van der Waals surface area contributed by atoms with E-state index in [2.05, 4.69) is 70.4 Å². The van der Waals surface area contributed by atoms with E-state index in [9.17, 15) is 0 Å². The second kappa shape index (κ2) is 5.97. The Morgan fingerprint density at radius 2 is 1.81 bits per heavy atom. The SMILES string of the molecule is C=C1C=C(CC(C)(C)C)c2ccc(N(CC)CC)cc2O1. The third-order valence-corrected chi connectivity index (χ3v) is 3.74. The van der Waals surface area contributed by atoms with Crippen LogP contribution in [0.3, 0.4) is 0 Å². The highest BCUT2D eigenvalue weighted by Gasteiger charge is 2.22. The van der Waals surface area contributed by atoms with E-state index >= 15 is 0 Å². The molecule has 1 aromatic rings. The summed E-state index contributed by atoms with van der Waals surface area (Å²) in [5.41, 5.74) is 3.98. The molecule has 0 unspecified atom stereocenters. The first-order valence-corrected chi connectivity index (χ1v) is 7.80. The minimum absolute atomic E-state index is 0.248. The molecule has 0 spiro atoms. The number of hydrogen-bond donors (Lipinski definition) is 0. The molecule has 1 heterocycles. The van der Waals surface area contributed by atoms with Crippen LogP contribution in [0.2, 0.25) is 0 Å². The van der Waals surface area contributed by atoms with E-state index in [0.29, 0.717) is 0 Å². The van der Waals surface area contributed by atoms with Crippen molar-refractivity contribution in [1.82, 2.24) is 0 Å². The molecule has 2 nitrogen and oxygen atoms in total. The van der Waals surface area contributed by atoms with Crippen LogP contribution >= 0.6 is 0 Å². The van der Waals surface area contributed by atoms with Crippen molar-refractivity contribution in [1.29, 1.82) is 0 Å². The van der Waals surface area contributed by atoms with Crippen molar-refractivity contribution in [2.75, 3.05) is 18.0 Å². The average molecular weight is 285 g/mol. The highest BCUT2D eigenvalue weighted by atomic mass is 16.5. The molecule has 0 saturated carbocycles. The third-order valence-electron chi connectivity index (χ3n) is 3.74. The Morgan fingerprint density at radius 1 is 1.14 bits per heavy atom. The first-order valence-electron chi connectivity index (χ1n) is 7.80. The molecule has 1 aliphatic rings. The molecule has 0 N–H and O–H groups in total.